The monoisotopic (exact) mass is 292 g/mol. The molecule has 1 unspecified atom stereocenters. The summed E-state index contributed by atoms with van der Waals surface area (Å²) >= 11 is 0. The number of aliphatic hydroxyl groups excluding tert-OH is 1. The van der Waals surface area contributed by atoms with Crippen LogP contribution in [0.15, 0.2) is 42.5 Å². The summed E-state index contributed by atoms with van der Waals surface area (Å²) in [6.45, 7) is 2.29. The van der Waals surface area contributed by atoms with E-state index in [1.165, 1.54) is 12.1 Å². The van der Waals surface area contributed by atoms with Crippen molar-refractivity contribution < 1.29 is 18.6 Å². The summed E-state index contributed by atoms with van der Waals surface area (Å²) in [5.74, 6) is -1.05. The van der Waals surface area contributed by atoms with E-state index in [1.54, 1.807) is 0 Å². The zero-order chi connectivity index (χ0) is 15.2. The minimum atomic E-state index is -0.893. The minimum absolute atomic E-state index is 0.0702. The van der Waals surface area contributed by atoms with Gasteiger partial charge in [-0.2, -0.15) is 0 Å². The molecular weight excluding hydrogens is 274 g/mol. The first-order valence-electron chi connectivity index (χ1n) is 6.86. The Balaban J connectivity index is 1.82. The molecular formula is C17H18F2O2. The van der Waals surface area contributed by atoms with Crippen molar-refractivity contribution >= 4 is 0 Å². The topological polar surface area (TPSA) is 29.5 Å². The van der Waals surface area contributed by atoms with Gasteiger partial charge in [0, 0.05) is 12.8 Å². The quantitative estimate of drug-likeness (QED) is 0.880. The van der Waals surface area contributed by atoms with Gasteiger partial charge in [0.25, 0.3) is 0 Å². The highest BCUT2D eigenvalue weighted by Crippen LogP contribution is 2.16. The lowest BCUT2D eigenvalue weighted by molar-refractivity contribution is 0.138. The Morgan fingerprint density at radius 2 is 1.90 bits per heavy atom. The van der Waals surface area contributed by atoms with Crippen LogP contribution in [0.5, 0.6) is 5.75 Å². The number of aliphatic hydroxyl groups is 1. The van der Waals surface area contributed by atoms with Gasteiger partial charge >= 0.3 is 0 Å². The van der Waals surface area contributed by atoms with Crippen molar-refractivity contribution in [1.29, 1.82) is 0 Å². The van der Waals surface area contributed by atoms with Gasteiger partial charge in [-0.15, -0.1) is 0 Å². The van der Waals surface area contributed by atoms with Crippen LogP contribution in [-0.2, 0) is 6.42 Å². The van der Waals surface area contributed by atoms with Crippen LogP contribution in [0.3, 0.4) is 0 Å². The van der Waals surface area contributed by atoms with Gasteiger partial charge in [-0.3, -0.25) is 0 Å². The summed E-state index contributed by atoms with van der Waals surface area (Å²) in [5.41, 5.74) is 1.27. The lowest BCUT2D eigenvalue weighted by Gasteiger charge is -2.12. The molecule has 0 bridgehead atoms. The van der Waals surface area contributed by atoms with Gasteiger partial charge in [0.05, 0.1) is 12.7 Å². The van der Waals surface area contributed by atoms with E-state index in [0.29, 0.717) is 13.0 Å². The van der Waals surface area contributed by atoms with Crippen LogP contribution in [-0.4, -0.2) is 17.8 Å². The Morgan fingerprint density at radius 1 is 1.14 bits per heavy atom. The normalized spacial score (nSPS) is 12.2. The molecule has 0 spiro atoms. The molecule has 2 aromatic rings. The first-order chi connectivity index (χ1) is 10.1. The van der Waals surface area contributed by atoms with Crippen LogP contribution in [0.4, 0.5) is 8.78 Å². The molecule has 0 radical (unpaired) electrons. The van der Waals surface area contributed by atoms with Crippen LogP contribution in [0.1, 0.15) is 17.5 Å². The Labute approximate surface area is 123 Å². The summed E-state index contributed by atoms with van der Waals surface area (Å²) in [4.78, 5) is 0. The third-order valence-electron chi connectivity index (χ3n) is 3.20. The molecule has 0 aliphatic rings. The molecule has 2 nitrogen and oxygen atoms in total. The van der Waals surface area contributed by atoms with Crippen LogP contribution < -0.4 is 4.74 Å². The average molecular weight is 292 g/mol. The van der Waals surface area contributed by atoms with Crippen molar-refractivity contribution in [2.24, 2.45) is 0 Å². The standard InChI is InChI=1S/C17H18F2O2/c1-12-4-2-6-15(10-12)21-9-8-14(20)11-13-5-3-7-16(18)17(13)19/h2-7,10,14,20H,8-9,11H2,1H3. The van der Waals surface area contributed by atoms with Gasteiger partial charge in [-0.1, -0.05) is 24.3 Å². The number of halogens is 2. The second-order valence-electron chi connectivity index (χ2n) is 5.02. The molecule has 1 atom stereocenters. The molecule has 0 saturated heterocycles. The van der Waals surface area contributed by atoms with Crippen LogP contribution in [0.25, 0.3) is 0 Å². The fourth-order valence-electron chi connectivity index (χ4n) is 2.08. The van der Waals surface area contributed by atoms with Crippen molar-refractivity contribution in [3.8, 4) is 5.75 Å². The minimum Gasteiger partial charge on any atom is -0.493 e. The van der Waals surface area contributed by atoms with E-state index in [4.69, 9.17) is 4.74 Å². The first kappa shape index (κ1) is 15.4. The van der Waals surface area contributed by atoms with Crippen molar-refractivity contribution in [2.75, 3.05) is 6.61 Å². The number of aryl methyl sites for hydroxylation is 1. The predicted octanol–water partition coefficient (Wildman–Crippen LogP) is 3.65. The lowest BCUT2D eigenvalue weighted by Crippen LogP contribution is -2.16. The van der Waals surface area contributed by atoms with Crippen molar-refractivity contribution in [3.05, 3.63) is 65.2 Å². The number of benzene rings is 2. The van der Waals surface area contributed by atoms with E-state index >= 15 is 0 Å². The molecule has 21 heavy (non-hydrogen) atoms. The highest BCUT2D eigenvalue weighted by Gasteiger charge is 2.12. The van der Waals surface area contributed by atoms with E-state index < -0.39 is 17.7 Å². The molecule has 0 aliphatic heterocycles. The van der Waals surface area contributed by atoms with Crippen molar-refractivity contribution in [1.82, 2.24) is 0 Å². The second-order valence-corrected chi connectivity index (χ2v) is 5.02. The van der Waals surface area contributed by atoms with E-state index in [1.807, 2.05) is 31.2 Å². The summed E-state index contributed by atoms with van der Waals surface area (Å²) < 4.78 is 32.1. The van der Waals surface area contributed by atoms with Crippen molar-refractivity contribution in [3.63, 3.8) is 0 Å². The fourth-order valence-corrected chi connectivity index (χ4v) is 2.08. The molecule has 112 valence electrons. The van der Waals surface area contributed by atoms with Gasteiger partial charge < -0.3 is 9.84 Å². The second kappa shape index (κ2) is 7.18. The van der Waals surface area contributed by atoms with Gasteiger partial charge in [0.2, 0.25) is 0 Å². The Bertz CT molecular complexity index is 599. The van der Waals surface area contributed by atoms with E-state index in [9.17, 15) is 13.9 Å². The lowest BCUT2D eigenvalue weighted by atomic mass is 10.1. The number of hydrogen-bond donors (Lipinski definition) is 1. The van der Waals surface area contributed by atoms with Crippen LogP contribution in [0, 0.1) is 18.6 Å². The maximum atomic E-state index is 13.5. The summed E-state index contributed by atoms with van der Waals surface area (Å²) in [7, 11) is 0. The molecule has 0 heterocycles. The van der Waals surface area contributed by atoms with Crippen molar-refractivity contribution in [2.45, 2.75) is 25.9 Å². The molecule has 0 saturated carbocycles. The molecule has 0 amide bonds. The van der Waals surface area contributed by atoms with Gasteiger partial charge in [0.1, 0.15) is 5.75 Å². The molecule has 2 rings (SSSR count). The van der Waals surface area contributed by atoms with E-state index in [-0.39, 0.29) is 12.0 Å². The summed E-state index contributed by atoms with van der Waals surface area (Å²) in [6.07, 6.45) is -0.351. The molecule has 2 aromatic carbocycles. The van der Waals surface area contributed by atoms with E-state index in [0.717, 1.165) is 17.4 Å². The van der Waals surface area contributed by atoms with Gasteiger partial charge in [-0.05, 0) is 36.2 Å². The molecule has 1 N–H and O–H groups in total. The highest BCUT2D eigenvalue weighted by molar-refractivity contribution is 5.27. The molecule has 0 fully saturated rings. The van der Waals surface area contributed by atoms with E-state index in [2.05, 4.69) is 0 Å². The third kappa shape index (κ3) is 4.53. The average Bonchev–Trinajstić information content (AvgIpc) is 2.44. The SMILES string of the molecule is Cc1cccc(OCCC(O)Cc2cccc(F)c2F)c1. The highest BCUT2D eigenvalue weighted by atomic mass is 19.2. The maximum Gasteiger partial charge on any atom is 0.162 e. The summed E-state index contributed by atoms with van der Waals surface area (Å²) in [6, 6.07) is 11.6. The zero-order valence-corrected chi connectivity index (χ0v) is 11.9. The fraction of sp³-hybridized carbons (Fsp3) is 0.294. The Kier molecular flexibility index (Phi) is 5.28. The number of hydrogen-bond acceptors (Lipinski definition) is 2. The zero-order valence-electron chi connectivity index (χ0n) is 11.9. The third-order valence-corrected chi connectivity index (χ3v) is 3.20. The predicted molar refractivity (Wildman–Crippen MR) is 77.4 cm³/mol. The summed E-state index contributed by atoms with van der Waals surface area (Å²) in [5, 5.41) is 9.88. The van der Waals surface area contributed by atoms with Crippen LogP contribution >= 0.6 is 0 Å². The largest absolute Gasteiger partial charge is 0.493 e. The Morgan fingerprint density at radius 3 is 2.67 bits per heavy atom. The molecule has 0 aromatic heterocycles. The molecule has 4 heteroatoms. The number of ether oxygens (including phenoxy) is 1. The van der Waals surface area contributed by atoms with Gasteiger partial charge in [-0.25, -0.2) is 8.78 Å². The smallest absolute Gasteiger partial charge is 0.162 e. The number of rotatable bonds is 6. The first-order valence-corrected chi connectivity index (χ1v) is 6.86. The molecule has 0 aliphatic carbocycles. The van der Waals surface area contributed by atoms with Gasteiger partial charge in [0.15, 0.2) is 11.6 Å². The van der Waals surface area contributed by atoms with Crippen LogP contribution in [0.2, 0.25) is 0 Å². The maximum absolute atomic E-state index is 13.5. The Hall–Kier alpha value is -1.94.